The number of nitrogens with zero attached hydrogens (tertiary/aromatic N) is 2. The Labute approximate surface area is 154 Å². The van der Waals surface area contributed by atoms with Crippen LogP contribution in [0.1, 0.15) is 24.8 Å². The van der Waals surface area contributed by atoms with Crippen molar-refractivity contribution in [2.75, 3.05) is 26.2 Å². The van der Waals surface area contributed by atoms with Crippen molar-refractivity contribution in [2.24, 2.45) is 5.92 Å². The highest BCUT2D eigenvalue weighted by molar-refractivity contribution is 7.89. The van der Waals surface area contributed by atoms with Crippen molar-refractivity contribution in [1.29, 1.82) is 0 Å². The summed E-state index contributed by atoms with van der Waals surface area (Å²) in [6.07, 6.45) is -1.92. The first-order valence-corrected chi connectivity index (χ1v) is 10.1. The maximum Gasteiger partial charge on any atom is 0.416 e. The number of halogens is 4. The molecule has 3 rings (SSSR count). The van der Waals surface area contributed by atoms with Crippen LogP contribution in [0, 0.1) is 5.92 Å². The van der Waals surface area contributed by atoms with Gasteiger partial charge in [-0.3, -0.25) is 4.79 Å². The van der Waals surface area contributed by atoms with Crippen LogP contribution in [0.3, 0.4) is 0 Å². The molecule has 26 heavy (non-hydrogen) atoms. The zero-order valence-electron chi connectivity index (χ0n) is 13.8. The summed E-state index contributed by atoms with van der Waals surface area (Å²) in [6, 6.07) is 2.24. The quantitative estimate of drug-likeness (QED) is 0.769. The van der Waals surface area contributed by atoms with Gasteiger partial charge in [0.05, 0.1) is 10.6 Å². The van der Waals surface area contributed by atoms with Crippen LogP contribution in [-0.2, 0) is 21.0 Å². The van der Waals surface area contributed by atoms with Crippen LogP contribution in [-0.4, -0.2) is 49.7 Å². The average molecular weight is 411 g/mol. The first-order valence-electron chi connectivity index (χ1n) is 8.26. The van der Waals surface area contributed by atoms with E-state index in [1.165, 1.54) is 0 Å². The summed E-state index contributed by atoms with van der Waals surface area (Å²) in [6.45, 7) is 0.525. The molecule has 1 aliphatic heterocycles. The Morgan fingerprint density at radius 3 is 2.23 bits per heavy atom. The van der Waals surface area contributed by atoms with Gasteiger partial charge in [0.2, 0.25) is 15.9 Å². The predicted molar refractivity (Wildman–Crippen MR) is 89.1 cm³/mol. The molecular weight excluding hydrogens is 393 g/mol. The van der Waals surface area contributed by atoms with Gasteiger partial charge in [-0.2, -0.15) is 17.5 Å². The van der Waals surface area contributed by atoms with E-state index in [2.05, 4.69) is 0 Å². The summed E-state index contributed by atoms with van der Waals surface area (Å²) >= 11 is 5.86. The molecule has 0 N–H and O–H groups in total. The van der Waals surface area contributed by atoms with Crippen LogP contribution in [0.5, 0.6) is 0 Å². The van der Waals surface area contributed by atoms with E-state index in [-0.39, 0.29) is 43.0 Å². The molecule has 0 radical (unpaired) electrons. The Bertz CT molecular complexity index is 801. The molecule has 0 spiro atoms. The van der Waals surface area contributed by atoms with E-state index in [0.29, 0.717) is 6.07 Å². The van der Waals surface area contributed by atoms with Crippen LogP contribution >= 0.6 is 11.6 Å². The Kier molecular flexibility index (Phi) is 5.24. The number of hydrogen-bond donors (Lipinski definition) is 0. The summed E-state index contributed by atoms with van der Waals surface area (Å²) in [7, 11) is -4.17. The van der Waals surface area contributed by atoms with Gasteiger partial charge in [-0.05, 0) is 31.0 Å². The second kappa shape index (κ2) is 7.01. The van der Waals surface area contributed by atoms with Crippen LogP contribution in [0.25, 0.3) is 0 Å². The Morgan fingerprint density at radius 2 is 1.73 bits per heavy atom. The lowest BCUT2D eigenvalue weighted by atomic mass is 9.84. The van der Waals surface area contributed by atoms with E-state index in [0.717, 1.165) is 35.7 Å². The monoisotopic (exact) mass is 410 g/mol. The molecule has 5 nitrogen and oxygen atoms in total. The van der Waals surface area contributed by atoms with Crippen LogP contribution in [0.15, 0.2) is 23.1 Å². The maximum absolute atomic E-state index is 12.9. The lowest BCUT2D eigenvalue weighted by Crippen LogP contribution is -2.52. The van der Waals surface area contributed by atoms with Crippen molar-refractivity contribution in [3.05, 3.63) is 28.8 Å². The molecule has 2 aliphatic rings. The summed E-state index contributed by atoms with van der Waals surface area (Å²) in [5, 5.41) is -0.258. The third-order valence-electron chi connectivity index (χ3n) is 4.88. The van der Waals surface area contributed by atoms with Gasteiger partial charge in [0.15, 0.2) is 0 Å². The smallest absolute Gasteiger partial charge is 0.340 e. The summed E-state index contributed by atoms with van der Waals surface area (Å²) in [5.41, 5.74) is -1.07. The highest BCUT2D eigenvalue weighted by atomic mass is 35.5. The van der Waals surface area contributed by atoms with Crippen LogP contribution in [0.4, 0.5) is 13.2 Å². The van der Waals surface area contributed by atoms with Crippen LogP contribution in [0.2, 0.25) is 5.02 Å². The van der Waals surface area contributed by atoms with E-state index < -0.39 is 26.7 Å². The fraction of sp³-hybridized carbons (Fsp3) is 0.562. The second-order valence-corrected chi connectivity index (χ2v) is 8.81. The Hall–Kier alpha value is -1.32. The standard InChI is InChI=1S/C16H18ClF3N2O3S/c17-13-5-4-12(16(18,19)20)10-14(13)26(24,25)22-8-6-21(7-9-22)15(23)11-2-1-3-11/h4-5,10-11H,1-3,6-9H2. The number of carbonyl (C=O) groups is 1. The number of piperazine rings is 1. The summed E-state index contributed by atoms with van der Waals surface area (Å²) in [4.78, 5) is 13.3. The molecule has 1 aromatic rings. The van der Waals surface area contributed by atoms with Crippen molar-refractivity contribution >= 4 is 27.5 Å². The summed E-state index contributed by atoms with van der Waals surface area (Å²) in [5.74, 6) is 0.0569. The predicted octanol–water partition coefficient (Wildman–Crippen LogP) is 2.99. The van der Waals surface area contributed by atoms with Gasteiger partial charge in [0.1, 0.15) is 4.90 Å². The summed E-state index contributed by atoms with van der Waals surface area (Å²) < 4.78 is 65.2. The first-order chi connectivity index (χ1) is 12.1. The van der Waals surface area contributed by atoms with E-state index in [1.807, 2.05) is 0 Å². The lowest BCUT2D eigenvalue weighted by Gasteiger charge is -2.37. The van der Waals surface area contributed by atoms with Crippen LogP contribution < -0.4 is 0 Å². The number of hydrogen-bond acceptors (Lipinski definition) is 3. The third kappa shape index (κ3) is 3.70. The number of rotatable bonds is 3. The van der Waals surface area contributed by atoms with Gasteiger partial charge in [0, 0.05) is 32.1 Å². The molecule has 0 atom stereocenters. The van der Waals surface area contributed by atoms with Gasteiger partial charge in [-0.15, -0.1) is 0 Å². The largest absolute Gasteiger partial charge is 0.416 e. The van der Waals surface area contributed by atoms with E-state index in [4.69, 9.17) is 11.6 Å². The van der Waals surface area contributed by atoms with Crippen molar-refractivity contribution in [3.63, 3.8) is 0 Å². The molecule has 1 saturated heterocycles. The molecule has 1 saturated carbocycles. The number of amides is 1. The van der Waals surface area contributed by atoms with Gasteiger partial charge < -0.3 is 4.90 Å². The molecule has 0 bridgehead atoms. The number of alkyl halides is 3. The second-order valence-electron chi connectivity index (χ2n) is 6.50. The minimum absolute atomic E-state index is 0.0241. The van der Waals surface area contributed by atoms with Gasteiger partial charge in [-0.1, -0.05) is 18.0 Å². The molecule has 1 aromatic carbocycles. The fourth-order valence-electron chi connectivity index (χ4n) is 3.08. The Balaban J connectivity index is 1.76. The first kappa shape index (κ1) is 19.4. The average Bonchev–Trinajstić information content (AvgIpc) is 2.52. The van der Waals surface area contributed by atoms with E-state index in [1.54, 1.807) is 4.90 Å². The van der Waals surface area contributed by atoms with Crippen molar-refractivity contribution < 1.29 is 26.4 Å². The number of sulfonamides is 1. The van der Waals surface area contributed by atoms with Crippen molar-refractivity contribution in [1.82, 2.24) is 9.21 Å². The minimum atomic E-state index is -4.66. The molecule has 144 valence electrons. The molecule has 1 heterocycles. The number of carbonyl (C=O) groups excluding carboxylic acids is 1. The van der Waals surface area contributed by atoms with Gasteiger partial charge >= 0.3 is 6.18 Å². The normalized spacial score (nSPS) is 20.1. The molecule has 2 fully saturated rings. The fourth-order valence-corrected chi connectivity index (χ4v) is 5.00. The molecule has 1 amide bonds. The van der Waals surface area contributed by atoms with E-state index in [9.17, 15) is 26.4 Å². The van der Waals surface area contributed by atoms with Gasteiger partial charge in [-0.25, -0.2) is 8.42 Å². The van der Waals surface area contributed by atoms with E-state index >= 15 is 0 Å². The highest BCUT2D eigenvalue weighted by Crippen LogP contribution is 2.35. The highest BCUT2D eigenvalue weighted by Gasteiger charge is 2.37. The van der Waals surface area contributed by atoms with Crippen molar-refractivity contribution in [2.45, 2.75) is 30.3 Å². The minimum Gasteiger partial charge on any atom is -0.340 e. The SMILES string of the molecule is O=C(C1CCC1)N1CCN(S(=O)(=O)c2cc(C(F)(F)F)ccc2Cl)CC1. The molecule has 1 aliphatic carbocycles. The lowest BCUT2D eigenvalue weighted by molar-refractivity contribution is -0.139. The Morgan fingerprint density at radius 1 is 1.12 bits per heavy atom. The molecule has 0 unspecified atom stereocenters. The number of benzene rings is 1. The third-order valence-corrected chi connectivity index (χ3v) is 7.26. The zero-order chi connectivity index (χ0) is 19.1. The molecule has 10 heteroatoms. The molecular formula is C16H18ClF3N2O3S. The van der Waals surface area contributed by atoms with Crippen molar-refractivity contribution in [3.8, 4) is 0 Å². The maximum atomic E-state index is 12.9. The zero-order valence-corrected chi connectivity index (χ0v) is 15.4. The molecule has 0 aromatic heterocycles. The van der Waals surface area contributed by atoms with Gasteiger partial charge in [0.25, 0.3) is 0 Å². The topological polar surface area (TPSA) is 57.7 Å².